The zero-order valence-corrected chi connectivity index (χ0v) is 24.1. The van der Waals surface area contributed by atoms with E-state index >= 15 is 0 Å². The van der Waals surface area contributed by atoms with E-state index in [1.165, 1.54) is 0 Å². The monoisotopic (exact) mass is 690 g/mol. The lowest BCUT2D eigenvalue weighted by molar-refractivity contribution is -0.360. The molecule has 3 saturated heterocycles. The van der Waals surface area contributed by atoms with Crippen molar-refractivity contribution in [1.82, 2.24) is 0 Å². The van der Waals surface area contributed by atoms with Gasteiger partial charge in [-0.05, 0) is 0 Å². The Bertz CT molecular complexity index is 1190. The van der Waals surface area contributed by atoms with Crippen molar-refractivity contribution >= 4 is 26.8 Å². The fourth-order valence-electron chi connectivity index (χ4n) is 4.58. The lowest BCUT2D eigenvalue weighted by Crippen LogP contribution is -2.68. The topological polar surface area (TPSA) is 373 Å². The van der Waals surface area contributed by atoms with Crippen LogP contribution < -0.4 is 11.5 Å². The number of carboxylic acid groups (broad SMARTS) is 1. The zero-order chi connectivity index (χ0) is 33.3. The maximum absolute atomic E-state index is 12.1. The SMILES string of the molecule is CO[C@H]1OC(COS(=O)(=O)O)[C@@H](O[C@@H]2OC(C(=O)O)[C@@H](O[C@H]3OC(COS(=O)(=O)O)[C@@H](O)[C@H](O)C3N)[C@H](O)C2O)[C@H](O)C1N. The minimum absolute atomic E-state index is 1.000. The summed E-state index contributed by atoms with van der Waals surface area (Å²) in [5, 5.41) is 62.5. The van der Waals surface area contributed by atoms with E-state index in [0.29, 0.717) is 0 Å². The number of carbonyl (C=O) groups is 1. The number of aliphatic hydroxyl groups is 5. The van der Waals surface area contributed by atoms with Crippen LogP contribution >= 0.6 is 0 Å². The second kappa shape index (κ2) is 14.6. The molecule has 6 unspecified atom stereocenters. The molecule has 0 radical (unpaired) electrons. The number of methoxy groups -OCH3 is 1. The highest BCUT2D eigenvalue weighted by Gasteiger charge is 2.55. The van der Waals surface area contributed by atoms with Crippen molar-refractivity contribution in [1.29, 1.82) is 0 Å². The van der Waals surface area contributed by atoms with Crippen LogP contribution in [0.5, 0.6) is 0 Å². The van der Waals surface area contributed by atoms with Crippen LogP contribution in [0.1, 0.15) is 0 Å². The predicted molar refractivity (Wildman–Crippen MR) is 131 cm³/mol. The summed E-state index contributed by atoms with van der Waals surface area (Å²) >= 11 is 0. The third kappa shape index (κ3) is 8.94. The molecular formula is C19H34N2O21S2. The lowest BCUT2D eigenvalue weighted by atomic mass is 9.95. The second-order valence-corrected chi connectivity index (χ2v) is 12.0. The molecule has 15 atom stereocenters. The lowest BCUT2D eigenvalue weighted by Gasteiger charge is -2.47. The summed E-state index contributed by atoms with van der Waals surface area (Å²) in [5.41, 5.74) is 11.6. The molecule has 3 rings (SSSR count). The van der Waals surface area contributed by atoms with Crippen LogP contribution in [0, 0.1) is 0 Å². The zero-order valence-electron chi connectivity index (χ0n) is 22.4. The molecule has 0 saturated carbocycles. The summed E-state index contributed by atoms with van der Waals surface area (Å²) in [6, 6.07) is -3.03. The van der Waals surface area contributed by atoms with Gasteiger partial charge in [0.1, 0.15) is 54.9 Å². The number of hydrogen-bond acceptors (Lipinski definition) is 20. The smallest absolute Gasteiger partial charge is 0.397 e. The standard InChI is InChI=1S/C19H34N2O21S2/c1-35-17-7(21)10(24)13(5(39-17)3-37-44(32,33)34)40-19-12(26)11(25)14(15(42-19)16(27)28)41-18-6(20)9(23)8(22)4(38-18)2-36-43(29,30)31/h4-15,17-19,22-26H,2-3,20-21H2,1H3,(H,27,28)(H,29,30,31)(H,32,33,34)/t4?,5?,6?,7?,8-,9-,10-,11-,12?,13-,14+,15?,17+,18-,19-/m1/s1. The Morgan fingerprint density at radius 3 is 1.70 bits per heavy atom. The van der Waals surface area contributed by atoms with Gasteiger partial charge < -0.3 is 70.5 Å². The number of nitrogens with two attached hydrogens (primary N) is 2. The molecule has 0 aliphatic carbocycles. The van der Waals surface area contributed by atoms with Gasteiger partial charge in [0.2, 0.25) is 0 Å². The Hall–Kier alpha value is -1.31. The van der Waals surface area contributed by atoms with Crippen molar-refractivity contribution in [2.45, 2.75) is 92.0 Å². The van der Waals surface area contributed by atoms with Crippen molar-refractivity contribution in [3.8, 4) is 0 Å². The van der Waals surface area contributed by atoms with Crippen LogP contribution in [0.4, 0.5) is 0 Å². The Labute approximate surface area is 248 Å². The van der Waals surface area contributed by atoms with Gasteiger partial charge >= 0.3 is 26.8 Å². The van der Waals surface area contributed by atoms with E-state index in [2.05, 4.69) is 8.37 Å². The molecule has 0 bridgehead atoms. The third-order valence-electron chi connectivity index (χ3n) is 6.83. The minimum Gasteiger partial charge on any atom is -0.479 e. The fourth-order valence-corrected chi connectivity index (χ4v) is 5.20. The predicted octanol–water partition coefficient (Wildman–Crippen LogP) is -7.24. The summed E-state index contributed by atoms with van der Waals surface area (Å²) in [6.45, 7) is -2.06. The minimum atomic E-state index is -5.03. The summed E-state index contributed by atoms with van der Waals surface area (Å²) in [7, 11) is -8.93. The molecule has 0 aromatic rings. The number of carboxylic acids is 1. The number of ether oxygens (including phenoxy) is 6. The summed E-state index contributed by atoms with van der Waals surface area (Å²) < 4.78 is 102. The van der Waals surface area contributed by atoms with Gasteiger partial charge in [0.05, 0.1) is 25.3 Å². The number of aliphatic carboxylic acids is 1. The van der Waals surface area contributed by atoms with E-state index in [-0.39, 0.29) is 0 Å². The Morgan fingerprint density at radius 2 is 1.18 bits per heavy atom. The van der Waals surface area contributed by atoms with Crippen LogP contribution in [-0.4, -0.2) is 175 Å². The fraction of sp³-hybridized carbons (Fsp3) is 0.947. The maximum Gasteiger partial charge on any atom is 0.397 e. The first-order valence-electron chi connectivity index (χ1n) is 12.4. The van der Waals surface area contributed by atoms with Crippen LogP contribution in [0.15, 0.2) is 0 Å². The van der Waals surface area contributed by atoms with E-state index in [1.807, 2.05) is 0 Å². The van der Waals surface area contributed by atoms with E-state index in [0.717, 1.165) is 7.11 Å². The molecule has 44 heavy (non-hydrogen) atoms. The first-order chi connectivity index (χ1) is 20.3. The van der Waals surface area contributed by atoms with E-state index in [9.17, 15) is 52.3 Å². The van der Waals surface area contributed by atoms with Gasteiger partial charge in [0.15, 0.2) is 25.0 Å². The second-order valence-electron chi connectivity index (χ2n) is 9.82. The Kier molecular flexibility index (Phi) is 12.4. The molecular weight excluding hydrogens is 656 g/mol. The normalized spacial score (nSPS) is 43.9. The van der Waals surface area contributed by atoms with E-state index in [4.69, 9.17) is 49.0 Å². The number of rotatable bonds is 12. The van der Waals surface area contributed by atoms with Gasteiger partial charge in [-0.2, -0.15) is 16.8 Å². The van der Waals surface area contributed by atoms with E-state index < -0.39 is 132 Å². The molecule has 23 nitrogen and oxygen atoms in total. The van der Waals surface area contributed by atoms with Crippen LogP contribution in [-0.2, 0) is 62.4 Å². The average molecular weight is 691 g/mol. The quantitative estimate of drug-likeness (QED) is 0.0850. The highest BCUT2D eigenvalue weighted by molar-refractivity contribution is 7.81. The molecule has 3 aliphatic rings. The van der Waals surface area contributed by atoms with Gasteiger partial charge in [-0.15, -0.1) is 0 Å². The highest BCUT2D eigenvalue weighted by Crippen LogP contribution is 2.32. The molecule has 3 heterocycles. The van der Waals surface area contributed by atoms with Crippen molar-refractivity contribution < 1.29 is 98.2 Å². The molecule has 3 aliphatic heterocycles. The van der Waals surface area contributed by atoms with Crippen LogP contribution in [0.25, 0.3) is 0 Å². The molecule has 0 aromatic heterocycles. The van der Waals surface area contributed by atoms with Crippen molar-refractivity contribution in [3.05, 3.63) is 0 Å². The highest BCUT2D eigenvalue weighted by atomic mass is 32.3. The Morgan fingerprint density at radius 1 is 0.682 bits per heavy atom. The van der Waals surface area contributed by atoms with Crippen molar-refractivity contribution in [3.63, 3.8) is 0 Å². The summed E-state index contributed by atoms with van der Waals surface area (Å²) in [4.78, 5) is 12.1. The number of aliphatic hydroxyl groups excluding tert-OH is 5. The third-order valence-corrected chi connectivity index (χ3v) is 7.70. The van der Waals surface area contributed by atoms with Crippen molar-refractivity contribution in [2.75, 3.05) is 20.3 Å². The molecule has 0 aromatic carbocycles. The van der Waals surface area contributed by atoms with Crippen LogP contribution in [0.3, 0.4) is 0 Å². The summed E-state index contributed by atoms with van der Waals surface area (Å²) in [5.74, 6) is -1.83. The summed E-state index contributed by atoms with van der Waals surface area (Å²) in [6.07, 6.45) is -24.7. The molecule has 0 amide bonds. The van der Waals surface area contributed by atoms with Gasteiger partial charge in [-0.1, -0.05) is 0 Å². The molecule has 258 valence electrons. The van der Waals surface area contributed by atoms with E-state index in [1.54, 1.807) is 0 Å². The molecule has 12 N–H and O–H groups in total. The first kappa shape index (κ1) is 37.2. The molecule has 3 fully saturated rings. The van der Waals surface area contributed by atoms with Crippen molar-refractivity contribution in [2.24, 2.45) is 11.5 Å². The first-order valence-corrected chi connectivity index (χ1v) is 15.2. The largest absolute Gasteiger partial charge is 0.479 e. The molecule has 0 spiro atoms. The van der Waals surface area contributed by atoms with Gasteiger partial charge in [-0.25, -0.2) is 13.2 Å². The molecule has 25 heteroatoms. The maximum atomic E-state index is 12.1. The average Bonchev–Trinajstić information content (AvgIpc) is 2.92. The van der Waals surface area contributed by atoms with Crippen LogP contribution in [0.2, 0.25) is 0 Å². The number of hydrogen-bond donors (Lipinski definition) is 10. The van der Waals surface area contributed by atoms with Gasteiger partial charge in [0, 0.05) is 7.11 Å². The van der Waals surface area contributed by atoms with Gasteiger partial charge in [0.25, 0.3) is 0 Å². The van der Waals surface area contributed by atoms with Gasteiger partial charge in [-0.3, -0.25) is 9.11 Å². The Balaban J connectivity index is 1.80.